The minimum Gasteiger partial charge on any atom is -0.454 e. The molecule has 25 heavy (non-hydrogen) atoms. The molecular formula is C16H14F3N3O3. The molecule has 0 aromatic heterocycles. The van der Waals surface area contributed by atoms with Gasteiger partial charge < -0.3 is 25.3 Å². The lowest BCUT2D eigenvalue weighted by atomic mass is 10.2. The molecule has 3 N–H and O–H groups in total. The Bertz CT molecular complexity index is 794. The highest BCUT2D eigenvalue weighted by molar-refractivity contribution is 5.93. The lowest BCUT2D eigenvalue weighted by Gasteiger charge is -2.14. The van der Waals surface area contributed by atoms with E-state index in [1.807, 2.05) is 0 Å². The maximum absolute atomic E-state index is 12.4. The highest BCUT2D eigenvalue weighted by Gasteiger charge is 2.32. The third-order valence-electron chi connectivity index (χ3n) is 3.24. The van der Waals surface area contributed by atoms with Crippen LogP contribution in [-0.4, -0.2) is 19.1 Å². The molecule has 0 atom stereocenters. The number of para-hydroxylation sites is 2. The van der Waals surface area contributed by atoms with Gasteiger partial charge in [-0.25, -0.2) is 4.99 Å². The molecule has 0 saturated heterocycles. The van der Waals surface area contributed by atoms with Crippen LogP contribution in [0.15, 0.2) is 47.5 Å². The molecule has 1 aliphatic heterocycles. The first-order valence-electron chi connectivity index (χ1n) is 7.21. The second kappa shape index (κ2) is 6.80. The zero-order valence-corrected chi connectivity index (χ0v) is 12.8. The standard InChI is InChI=1S/C16H14F3N3O3/c17-16(18,19)25-12-4-2-1-3-11(12)22-15(20)21-8-10-5-6-13-14(7-10)24-9-23-13/h1-7H,8-9H2,(H3,20,21,22). The van der Waals surface area contributed by atoms with Gasteiger partial charge in [0.05, 0.1) is 12.2 Å². The van der Waals surface area contributed by atoms with Gasteiger partial charge >= 0.3 is 6.36 Å². The number of nitrogens with one attached hydrogen (secondary N) is 1. The number of ether oxygens (including phenoxy) is 3. The molecular weight excluding hydrogens is 339 g/mol. The van der Waals surface area contributed by atoms with Crippen molar-refractivity contribution in [3.8, 4) is 17.2 Å². The van der Waals surface area contributed by atoms with Crippen molar-refractivity contribution in [2.24, 2.45) is 10.7 Å². The van der Waals surface area contributed by atoms with Gasteiger partial charge in [0.2, 0.25) is 6.79 Å². The first-order valence-corrected chi connectivity index (χ1v) is 7.21. The third-order valence-corrected chi connectivity index (χ3v) is 3.24. The zero-order chi connectivity index (χ0) is 17.9. The van der Waals surface area contributed by atoms with Gasteiger partial charge in [0, 0.05) is 0 Å². The fourth-order valence-electron chi connectivity index (χ4n) is 2.18. The molecule has 0 spiro atoms. The Balaban J connectivity index is 1.68. The van der Waals surface area contributed by atoms with Crippen LogP contribution in [-0.2, 0) is 6.54 Å². The van der Waals surface area contributed by atoms with Crippen molar-refractivity contribution < 1.29 is 27.4 Å². The summed E-state index contributed by atoms with van der Waals surface area (Å²) in [7, 11) is 0. The number of rotatable bonds is 4. The van der Waals surface area contributed by atoms with Crippen LogP contribution >= 0.6 is 0 Å². The molecule has 0 radical (unpaired) electrons. The average molecular weight is 353 g/mol. The van der Waals surface area contributed by atoms with Gasteiger partial charge in [-0.05, 0) is 29.8 Å². The lowest BCUT2D eigenvalue weighted by Crippen LogP contribution is -2.24. The van der Waals surface area contributed by atoms with Crippen LogP contribution in [0, 0.1) is 0 Å². The minimum atomic E-state index is -4.80. The van der Waals surface area contributed by atoms with Crippen molar-refractivity contribution in [3.63, 3.8) is 0 Å². The Morgan fingerprint density at radius 1 is 1.16 bits per heavy atom. The van der Waals surface area contributed by atoms with Crippen molar-refractivity contribution in [3.05, 3.63) is 48.0 Å². The number of hydrogen-bond donors (Lipinski definition) is 2. The molecule has 9 heteroatoms. The van der Waals surface area contributed by atoms with E-state index in [4.69, 9.17) is 15.2 Å². The van der Waals surface area contributed by atoms with E-state index in [1.165, 1.54) is 18.2 Å². The maximum Gasteiger partial charge on any atom is 0.573 e. The largest absolute Gasteiger partial charge is 0.573 e. The van der Waals surface area contributed by atoms with E-state index in [-0.39, 0.29) is 25.0 Å². The molecule has 0 bridgehead atoms. The molecule has 3 rings (SSSR count). The van der Waals surface area contributed by atoms with Gasteiger partial charge in [-0.1, -0.05) is 18.2 Å². The molecule has 0 aliphatic carbocycles. The van der Waals surface area contributed by atoms with Crippen molar-refractivity contribution in [2.45, 2.75) is 12.9 Å². The van der Waals surface area contributed by atoms with E-state index in [0.29, 0.717) is 11.5 Å². The van der Waals surface area contributed by atoms with Crippen molar-refractivity contribution >= 4 is 11.6 Å². The SMILES string of the molecule is NC(=NCc1ccc2c(c1)OCO2)Nc1ccccc1OC(F)(F)F. The normalized spacial score (nSPS) is 13.6. The van der Waals surface area contributed by atoms with Crippen LogP contribution in [0.4, 0.5) is 18.9 Å². The highest BCUT2D eigenvalue weighted by Crippen LogP contribution is 2.33. The second-order valence-corrected chi connectivity index (χ2v) is 5.06. The number of alkyl halides is 3. The van der Waals surface area contributed by atoms with E-state index in [1.54, 1.807) is 24.3 Å². The van der Waals surface area contributed by atoms with E-state index in [2.05, 4.69) is 15.0 Å². The zero-order valence-electron chi connectivity index (χ0n) is 12.8. The fourth-order valence-corrected chi connectivity index (χ4v) is 2.18. The second-order valence-electron chi connectivity index (χ2n) is 5.06. The molecule has 1 heterocycles. The molecule has 0 amide bonds. The number of nitrogens with two attached hydrogens (primary N) is 1. The molecule has 0 saturated carbocycles. The molecule has 132 valence electrons. The number of nitrogens with zero attached hydrogens (tertiary/aromatic N) is 1. The minimum absolute atomic E-state index is 0.0455. The molecule has 1 aliphatic rings. The van der Waals surface area contributed by atoms with Crippen molar-refractivity contribution in [2.75, 3.05) is 12.1 Å². The number of hydrogen-bond acceptors (Lipinski definition) is 4. The number of anilines is 1. The monoisotopic (exact) mass is 353 g/mol. The first kappa shape index (κ1) is 16.7. The summed E-state index contributed by atoms with van der Waals surface area (Å²) in [5.74, 6) is 0.826. The van der Waals surface area contributed by atoms with Crippen LogP contribution in [0.5, 0.6) is 17.2 Å². The molecule has 0 unspecified atom stereocenters. The van der Waals surface area contributed by atoms with E-state index < -0.39 is 12.1 Å². The van der Waals surface area contributed by atoms with Crippen molar-refractivity contribution in [1.29, 1.82) is 0 Å². The van der Waals surface area contributed by atoms with E-state index >= 15 is 0 Å². The summed E-state index contributed by atoms with van der Waals surface area (Å²) in [6.07, 6.45) is -4.80. The van der Waals surface area contributed by atoms with Gasteiger partial charge in [-0.15, -0.1) is 13.2 Å². The number of halogens is 3. The Morgan fingerprint density at radius 2 is 1.92 bits per heavy atom. The Hall–Kier alpha value is -3.10. The number of guanidine groups is 1. The first-order chi connectivity index (χ1) is 11.9. The fraction of sp³-hybridized carbons (Fsp3) is 0.188. The topological polar surface area (TPSA) is 78.1 Å². The summed E-state index contributed by atoms with van der Waals surface area (Å²) in [5, 5.41) is 2.60. The highest BCUT2D eigenvalue weighted by atomic mass is 19.4. The summed E-state index contributed by atoms with van der Waals surface area (Å²) in [6.45, 7) is 0.388. The quantitative estimate of drug-likeness (QED) is 0.652. The summed E-state index contributed by atoms with van der Waals surface area (Å²) >= 11 is 0. The smallest absolute Gasteiger partial charge is 0.454 e. The molecule has 6 nitrogen and oxygen atoms in total. The molecule has 2 aromatic carbocycles. The predicted molar refractivity (Wildman–Crippen MR) is 84.6 cm³/mol. The van der Waals surface area contributed by atoms with Crippen LogP contribution in [0.3, 0.4) is 0 Å². The van der Waals surface area contributed by atoms with E-state index in [9.17, 15) is 13.2 Å². The average Bonchev–Trinajstić information content (AvgIpc) is 3.01. The van der Waals surface area contributed by atoms with Gasteiger partial charge in [0.1, 0.15) is 0 Å². The Kier molecular flexibility index (Phi) is 4.55. The van der Waals surface area contributed by atoms with Crippen LogP contribution in [0.2, 0.25) is 0 Å². The van der Waals surface area contributed by atoms with Crippen LogP contribution in [0.1, 0.15) is 5.56 Å². The molecule has 0 fully saturated rings. The number of aliphatic imine (C=N–C) groups is 1. The summed E-state index contributed by atoms with van der Waals surface area (Å²) < 4.78 is 51.6. The predicted octanol–water partition coefficient (Wildman–Crippen LogP) is 3.24. The lowest BCUT2D eigenvalue weighted by molar-refractivity contribution is -0.274. The summed E-state index contributed by atoms with van der Waals surface area (Å²) in [6, 6.07) is 10.9. The maximum atomic E-state index is 12.4. The van der Waals surface area contributed by atoms with Gasteiger partial charge in [0.25, 0.3) is 0 Å². The number of benzene rings is 2. The van der Waals surface area contributed by atoms with Crippen LogP contribution in [0.25, 0.3) is 0 Å². The number of fused-ring (bicyclic) bond motifs is 1. The summed E-state index contributed by atoms with van der Waals surface area (Å²) in [4.78, 5) is 4.10. The van der Waals surface area contributed by atoms with Crippen molar-refractivity contribution in [1.82, 2.24) is 0 Å². The van der Waals surface area contributed by atoms with Gasteiger partial charge in [-0.2, -0.15) is 0 Å². The van der Waals surface area contributed by atoms with E-state index in [0.717, 1.165) is 5.56 Å². The Labute approximate surface area is 141 Å². The summed E-state index contributed by atoms with van der Waals surface area (Å²) in [5.41, 5.74) is 6.62. The Morgan fingerprint density at radius 3 is 2.72 bits per heavy atom. The van der Waals surface area contributed by atoms with Gasteiger partial charge in [0.15, 0.2) is 23.2 Å². The third kappa shape index (κ3) is 4.46. The van der Waals surface area contributed by atoms with Gasteiger partial charge in [-0.3, -0.25) is 0 Å². The molecule has 2 aromatic rings. The van der Waals surface area contributed by atoms with Crippen LogP contribution < -0.4 is 25.3 Å².